The van der Waals surface area contributed by atoms with E-state index in [0.29, 0.717) is 11.3 Å². The fourth-order valence-corrected chi connectivity index (χ4v) is 2.38. The largest absolute Gasteiger partial charge is 0.518 e. The molecule has 0 unspecified atom stereocenters. The molecule has 1 aliphatic carbocycles. The Balaban J connectivity index is 1.94. The Morgan fingerprint density at radius 1 is 1.17 bits per heavy atom. The first-order chi connectivity index (χ1) is 10.7. The van der Waals surface area contributed by atoms with Crippen molar-refractivity contribution in [1.82, 2.24) is 4.98 Å². The Labute approximate surface area is 138 Å². The van der Waals surface area contributed by atoms with Gasteiger partial charge in [-0.1, -0.05) is 0 Å². The molecule has 3 rings (SSSR count). The topological polar surface area (TPSA) is 49.8 Å². The van der Waals surface area contributed by atoms with Crippen molar-refractivity contribution in [3.63, 3.8) is 0 Å². The van der Waals surface area contributed by atoms with Gasteiger partial charge in [0.1, 0.15) is 5.59 Å². The van der Waals surface area contributed by atoms with Gasteiger partial charge in [0.05, 0.1) is 23.4 Å². The minimum absolute atomic E-state index is 0.0157. The van der Waals surface area contributed by atoms with Crippen LogP contribution in [0.5, 0.6) is 11.5 Å². The second kappa shape index (κ2) is 5.67. The summed E-state index contributed by atoms with van der Waals surface area (Å²) in [6.45, 7) is 12.1. The lowest BCUT2D eigenvalue weighted by Gasteiger charge is -2.32. The van der Waals surface area contributed by atoms with Crippen LogP contribution in [0.1, 0.15) is 54.4 Å². The molecule has 1 saturated carbocycles. The standard InChI is InChI=1S/C17H26BNO4/c1-11(2)20-14-13(21-12-7-8-12)9-10-19-15(14)18-22-16(3,4)17(5,6)23-18/h9-12H,7-8H2,1-6H3. The fourth-order valence-electron chi connectivity index (χ4n) is 2.38. The Morgan fingerprint density at radius 3 is 2.30 bits per heavy atom. The van der Waals surface area contributed by atoms with Crippen molar-refractivity contribution in [2.45, 2.75) is 77.8 Å². The molecule has 2 aliphatic rings. The van der Waals surface area contributed by atoms with Gasteiger partial charge >= 0.3 is 7.12 Å². The highest BCUT2D eigenvalue weighted by Gasteiger charge is 2.53. The van der Waals surface area contributed by atoms with Gasteiger partial charge in [-0.05, 0) is 54.4 Å². The summed E-state index contributed by atoms with van der Waals surface area (Å²) in [6, 6.07) is 1.85. The predicted molar refractivity (Wildman–Crippen MR) is 89.4 cm³/mol. The first-order valence-electron chi connectivity index (χ1n) is 8.37. The highest BCUT2D eigenvalue weighted by molar-refractivity contribution is 6.62. The number of aromatic nitrogens is 1. The molecule has 0 spiro atoms. The minimum Gasteiger partial charge on any atom is -0.486 e. The third kappa shape index (κ3) is 3.33. The lowest BCUT2D eigenvalue weighted by molar-refractivity contribution is 0.00578. The van der Waals surface area contributed by atoms with E-state index in [9.17, 15) is 0 Å². The van der Waals surface area contributed by atoms with Crippen LogP contribution in [-0.2, 0) is 9.31 Å². The zero-order valence-corrected chi connectivity index (χ0v) is 14.9. The summed E-state index contributed by atoms with van der Waals surface area (Å²) < 4.78 is 24.2. The monoisotopic (exact) mass is 319 g/mol. The summed E-state index contributed by atoms with van der Waals surface area (Å²) in [5.74, 6) is 1.36. The van der Waals surface area contributed by atoms with E-state index in [0.717, 1.165) is 18.6 Å². The fraction of sp³-hybridized carbons (Fsp3) is 0.706. The number of ether oxygens (including phenoxy) is 2. The van der Waals surface area contributed by atoms with E-state index in [4.69, 9.17) is 18.8 Å². The molecule has 6 heteroatoms. The molecule has 1 aromatic rings. The van der Waals surface area contributed by atoms with Crippen molar-refractivity contribution in [3.8, 4) is 11.5 Å². The molecule has 2 heterocycles. The number of pyridine rings is 1. The summed E-state index contributed by atoms with van der Waals surface area (Å²) >= 11 is 0. The van der Waals surface area contributed by atoms with Crippen LogP contribution in [0.3, 0.4) is 0 Å². The molecular weight excluding hydrogens is 293 g/mol. The van der Waals surface area contributed by atoms with E-state index in [-0.39, 0.29) is 12.2 Å². The maximum absolute atomic E-state index is 6.13. The van der Waals surface area contributed by atoms with Gasteiger partial charge in [0.25, 0.3) is 0 Å². The summed E-state index contributed by atoms with van der Waals surface area (Å²) in [5, 5.41) is 0. The summed E-state index contributed by atoms with van der Waals surface area (Å²) in [4.78, 5) is 4.48. The van der Waals surface area contributed by atoms with Crippen LogP contribution >= 0.6 is 0 Å². The minimum atomic E-state index is -0.559. The van der Waals surface area contributed by atoms with E-state index in [1.807, 2.05) is 47.6 Å². The van der Waals surface area contributed by atoms with Gasteiger partial charge in [0.15, 0.2) is 11.5 Å². The van der Waals surface area contributed by atoms with Crippen molar-refractivity contribution in [1.29, 1.82) is 0 Å². The normalized spacial score (nSPS) is 22.5. The van der Waals surface area contributed by atoms with Crippen molar-refractivity contribution in [3.05, 3.63) is 12.3 Å². The van der Waals surface area contributed by atoms with Crippen molar-refractivity contribution in [2.24, 2.45) is 0 Å². The molecule has 1 saturated heterocycles. The molecule has 1 aliphatic heterocycles. The van der Waals surface area contributed by atoms with Gasteiger partial charge in [-0.15, -0.1) is 0 Å². The van der Waals surface area contributed by atoms with E-state index in [1.165, 1.54) is 0 Å². The third-order valence-electron chi connectivity index (χ3n) is 4.54. The molecule has 23 heavy (non-hydrogen) atoms. The number of nitrogens with zero attached hydrogens (tertiary/aromatic N) is 1. The third-order valence-corrected chi connectivity index (χ3v) is 4.54. The van der Waals surface area contributed by atoms with E-state index < -0.39 is 18.3 Å². The van der Waals surface area contributed by atoms with Gasteiger partial charge in [-0.3, -0.25) is 4.98 Å². The van der Waals surface area contributed by atoms with Crippen molar-refractivity contribution in [2.75, 3.05) is 0 Å². The molecule has 0 amide bonds. The molecule has 0 radical (unpaired) electrons. The summed E-state index contributed by atoms with van der Waals surface area (Å²) in [5.41, 5.74) is -0.181. The highest BCUT2D eigenvalue weighted by atomic mass is 16.7. The predicted octanol–water partition coefficient (Wildman–Crippen LogP) is 2.71. The molecule has 1 aromatic heterocycles. The Hall–Kier alpha value is -1.27. The van der Waals surface area contributed by atoms with E-state index in [1.54, 1.807) is 6.20 Å². The smallest absolute Gasteiger partial charge is 0.486 e. The van der Waals surface area contributed by atoms with Crippen LogP contribution in [-0.4, -0.2) is 35.5 Å². The first-order valence-corrected chi connectivity index (χ1v) is 8.37. The van der Waals surface area contributed by atoms with Gasteiger partial charge in [-0.25, -0.2) is 0 Å². The van der Waals surface area contributed by atoms with Crippen molar-refractivity contribution >= 4 is 12.7 Å². The second-order valence-electron chi connectivity index (χ2n) is 7.60. The van der Waals surface area contributed by atoms with Crippen molar-refractivity contribution < 1.29 is 18.8 Å². The summed E-state index contributed by atoms with van der Waals surface area (Å²) in [7, 11) is -0.559. The molecule has 0 atom stereocenters. The molecule has 126 valence electrons. The SMILES string of the molecule is CC(C)Oc1c(OC2CC2)ccnc1B1OC(C)(C)C(C)(C)O1. The van der Waals surface area contributed by atoms with E-state index >= 15 is 0 Å². The van der Waals surface area contributed by atoms with Gasteiger partial charge in [0.2, 0.25) is 0 Å². The van der Waals surface area contributed by atoms with Gasteiger partial charge < -0.3 is 18.8 Å². The molecule has 0 bridgehead atoms. The van der Waals surface area contributed by atoms with Gasteiger partial charge in [0, 0.05) is 12.3 Å². The molecule has 5 nitrogen and oxygen atoms in total. The highest BCUT2D eigenvalue weighted by Crippen LogP contribution is 2.39. The molecule has 2 fully saturated rings. The van der Waals surface area contributed by atoms with Crippen LogP contribution in [0.2, 0.25) is 0 Å². The first kappa shape index (κ1) is 16.6. The van der Waals surface area contributed by atoms with Crippen LogP contribution in [0, 0.1) is 0 Å². The zero-order valence-electron chi connectivity index (χ0n) is 14.9. The second-order valence-corrected chi connectivity index (χ2v) is 7.60. The van der Waals surface area contributed by atoms with Crippen LogP contribution < -0.4 is 15.1 Å². The summed E-state index contributed by atoms with van der Waals surface area (Å²) in [6.07, 6.45) is 4.22. The van der Waals surface area contributed by atoms with Crippen LogP contribution in [0.25, 0.3) is 0 Å². The lowest BCUT2D eigenvalue weighted by atomic mass is 9.83. The van der Waals surface area contributed by atoms with Crippen LogP contribution in [0.4, 0.5) is 0 Å². The zero-order chi connectivity index (χ0) is 16.8. The quantitative estimate of drug-likeness (QED) is 0.781. The molecular formula is C17H26BNO4. The average molecular weight is 319 g/mol. The lowest BCUT2D eigenvalue weighted by Crippen LogP contribution is -2.41. The molecule has 0 N–H and O–H groups in total. The molecule has 0 aromatic carbocycles. The maximum Gasteiger partial charge on any atom is 0.518 e. The Morgan fingerprint density at radius 2 is 1.78 bits per heavy atom. The number of rotatable bonds is 5. The van der Waals surface area contributed by atoms with E-state index in [2.05, 4.69) is 4.98 Å². The average Bonchev–Trinajstić information content (AvgIpc) is 3.19. The Bertz CT molecular complexity index is 568. The number of hydrogen-bond acceptors (Lipinski definition) is 5. The van der Waals surface area contributed by atoms with Gasteiger partial charge in [-0.2, -0.15) is 0 Å². The van der Waals surface area contributed by atoms with Crippen LogP contribution in [0.15, 0.2) is 12.3 Å². The maximum atomic E-state index is 6.13. The number of hydrogen-bond donors (Lipinski definition) is 0. The Kier molecular flexibility index (Phi) is 4.09.